The quantitative estimate of drug-likeness (QED) is 0.460. The number of rotatable bonds is 11. The van der Waals surface area contributed by atoms with Crippen LogP contribution in [0.3, 0.4) is 0 Å². The maximum Gasteiger partial charge on any atom is 0.329 e. The minimum Gasteiger partial charge on any atom is -0.459 e. The van der Waals surface area contributed by atoms with Crippen LogP contribution in [-0.4, -0.2) is 53.1 Å². The molecular weight excluding hydrogens is 410 g/mol. The minimum atomic E-state index is -1.50. The van der Waals surface area contributed by atoms with Gasteiger partial charge in [-0.25, -0.2) is 9.59 Å². The number of hydrogen-bond acceptors (Lipinski definition) is 5. The van der Waals surface area contributed by atoms with Crippen LogP contribution in [0.5, 0.6) is 0 Å². The van der Waals surface area contributed by atoms with Crippen LogP contribution in [0, 0.1) is 5.92 Å². The minimum absolute atomic E-state index is 0.0680. The van der Waals surface area contributed by atoms with Crippen molar-refractivity contribution in [2.75, 3.05) is 13.1 Å². The fourth-order valence-corrected chi connectivity index (χ4v) is 3.09. The summed E-state index contributed by atoms with van der Waals surface area (Å²) in [6, 6.07) is 17.0. The van der Waals surface area contributed by atoms with Gasteiger partial charge < -0.3 is 25.8 Å². The molecule has 172 valence electrons. The molecule has 0 aliphatic carbocycles. The first-order chi connectivity index (χ1) is 15.3. The summed E-state index contributed by atoms with van der Waals surface area (Å²) in [4.78, 5) is 38.4. The highest BCUT2D eigenvalue weighted by molar-refractivity contribution is 5.85. The Hall–Kier alpha value is -3.39. The second-order valence-corrected chi connectivity index (χ2v) is 8.00. The number of esters is 1. The molecule has 0 saturated carbocycles. The number of hydrogen-bond donors (Lipinski definition) is 3. The zero-order chi connectivity index (χ0) is 23.5. The summed E-state index contributed by atoms with van der Waals surface area (Å²) in [6.07, 6.45) is -1.27. The largest absolute Gasteiger partial charge is 0.459 e. The Morgan fingerprint density at radius 2 is 1.53 bits per heavy atom. The Bertz CT molecular complexity index is 874. The first-order valence-corrected chi connectivity index (χ1v) is 10.5. The summed E-state index contributed by atoms with van der Waals surface area (Å²) in [5.41, 5.74) is 6.82. The van der Waals surface area contributed by atoms with Crippen LogP contribution in [0.1, 0.15) is 25.0 Å². The Morgan fingerprint density at radius 3 is 2.06 bits per heavy atom. The van der Waals surface area contributed by atoms with Crippen molar-refractivity contribution in [2.45, 2.75) is 39.0 Å². The van der Waals surface area contributed by atoms with Crippen molar-refractivity contribution in [1.29, 1.82) is 0 Å². The predicted molar refractivity (Wildman–Crippen MR) is 120 cm³/mol. The lowest BCUT2D eigenvalue weighted by molar-refractivity contribution is -0.147. The molecule has 2 aromatic rings. The predicted octanol–water partition coefficient (Wildman–Crippen LogP) is 1.85. The topological polar surface area (TPSA) is 122 Å². The van der Waals surface area contributed by atoms with E-state index >= 15 is 0 Å². The first-order valence-electron chi connectivity index (χ1n) is 10.5. The Balaban J connectivity index is 2.14. The van der Waals surface area contributed by atoms with E-state index in [0.29, 0.717) is 0 Å². The number of aliphatic hydroxyl groups excluding tert-OH is 1. The summed E-state index contributed by atoms with van der Waals surface area (Å²) in [6.45, 7) is 3.87. The SMILES string of the molecule is CC(C)CN(CC(O)C(N)=O)C(=O)N[C@@H](Cc1ccccc1)C(=O)OCc1ccccc1. The number of carbonyl (C=O) groups excluding carboxylic acids is 3. The van der Waals surface area contributed by atoms with Crippen LogP contribution < -0.4 is 11.1 Å². The maximum absolute atomic E-state index is 13.0. The number of aliphatic hydroxyl groups is 1. The van der Waals surface area contributed by atoms with Gasteiger partial charge in [-0.2, -0.15) is 0 Å². The summed E-state index contributed by atoms with van der Waals surface area (Å²) in [5.74, 6) is -1.43. The third-order valence-electron chi connectivity index (χ3n) is 4.68. The monoisotopic (exact) mass is 441 g/mol. The molecule has 0 bridgehead atoms. The van der Waals surface area contributed by atoms with Gasteiger partial charge in [0.25, 0.3) is 0 Å². The van der Waals surface area contributed by atoms with Crippen molar-refractivity contribution < 1.29 is 24.2 Å². The molecule has 0 aliphatic rings. The van der Waals surface area contributed by atoms with E-state index in [0.717, 1.165) is 11.1 Å². The van der Waals surface area contributed by atoms with Gasteiger partial charge in [0.15, 0.2) is 0 Å². The number of amides is 3. The van der Waals surface area contributed by atoms with Crippen molar-refractivity contribution in [1.82, 2.24) is 10.2 Å². The van der Waals surface area contributed by atoms with Crippen LogP contribution >= 0.6 is 0 Å². The Morgan fingerprint density at radius 1 is 0.969 bits per heavy atom. The lowest BCUT2D eigenvalue weighted by Gasteiger charge is -2.28. The summed E-state index contributed by atoms with van der Waals surface area (Å²) in [7, 11) is 0. The van der Waals surface area contributed by atoms with Crippen LogP contribution in [0.25, 0.3) is 0 Å². The van der Waals surface area contributed by atoms with Crippen LogP contribution in [0.4, 0.5) is 4.79 Å². The fraction of sp³-hybridized carbons (Fsp3) is 0.375. The number of urea groups is 1. The van der Waals surface area contributed by atoms with Gasteiger partial charge in [-0.05, 0) is 17.0 Å². The van der Waals surface area contributed by atoms with Gasteiger partial charge in [0, 0.05) is 13.0 Å². The van der Waals surface area contributed by atoms with Crippen molar-refractivity contribution in [3.05, 3.63) is 71.8 Å². The molecule has 4 N–H and O–H groups in total. The van der Waals surface area contributed by atoms with E-state index in [1.165, 1.54) is 4.90 Å². The van der Waals surface area contributed by atoms with E-state index in [1.807, 2.05) is 74.5 Å². The molecule has 8 nitrogen and oxygen atoms in total. The van der Waals surface area contributed by atoms with Crippen molar-refractivity contribution in [2.24, 2.45) is 11.7 Å². The number of nitrogens with zero attached hydrogens (tertiary/aromatic N) is 1. The van der Waals surface area contributed by atoms with Crippen LogP contribution in [0.15, 0.2) is 60.7 Å². The third-order valence-corrected chi connectivity index (χ3v) is 4.68. The molecule has 0 aliphatic heterocycles. The van der Waals surface area contributed by atoms with Gasteiger partial charge in [-0.1, -0.05) is 74.5 Å². The van der Waals surface area contributed by atoms with E-state index < -0.39 is 30.1 Å². The molecule has 3 amide bonds. The zero-order valence-corrected chi connectivity index (χ0v) is 18.4. The summed E-state index contributed by atoms with van der Waals surface area (Å²) < 4.78 is 5.45. The van der Waals surface area contributed by atoms with E-state index in [9.17, 15) is 19.5 Å². The molecule has 0 fully saturated rings. The van der Waals surface area contributed by atoms with Gasteiger partial charge in [0.2, 0.25) is 5.91 Å². The van der Waals surface area contributed by atoms with Gasteiger partial charge in [0.05, 0.1) is 6.54 Å². The van der Waals surface area contributed by atoms with E-state index in [4.69, 9.17) is 10.5 Å². The highest BCUT2D eigenvalue weighted by atomic mass is 16.5. The van der Waals surface area contributed by atoms with Crippen molar-refractivity contribution >= 4 is 17.9 Å². The highest BCUT2D eigenvalue weighted by Gasteiger charge is 2.27. The maximum atomic E-state index is 13.0. The smallest absolute Gasteiger partial charge is 0.329 e. The summed E-state index contributed by atoms with van der Waals surface area (Å²) in [5, 5.41) is 12.6. The first kappa shape index (κ1) is 24.9. The van der Waals surface area contributed by atoms with E-state index in [1.54, 1.807) is 0 Å². The van der Waals surface area contributed by atoms with Crippen molar-refractivity contribution in [3.8, 4) is 0 Å². The van der Waals surface area contributed by atoms with E-state index in [-0.39, 0.29) is 32.0 Å². The summed E-state index contributed by atoms with van der Waals surface area (Å²) >= 11 is 0. The molecule has 1 unspecified atom stereocenters. The van der Waals surface area contributed by atoms with Crippen molar-refractivity contribution in [3.63, 3.8) is 0 Å². The fourth-order valence-electron chi connectivity index (χ4n) is 3.09. The van der Waals surface area contributed by atoms with E-state index in [2.05, 4.69) is 5.32 Å². The Labute approximate surface area is 188 Å². The number of benzene rings is 2. The van der Waals surface area contributed by atoms with Crippen LogP contribution in [0.2, 0.25) is 0 Å². The zero-order valence-electron chi connectivity index (χ0n) is 18.4. The number of carbonyl (C=O) groups is 3. The molecule has 0 saturated heterocycles. The molecular formula is C24H31N3O5. The van der Waals surface area contributed by atoms with Gasteiger partial charge in [-0.3, -0.25) is 4.79 Å². The second kappa shape index (κ2) is 12.5. The highest BCUT2D eigenvalue weighted by Crippen LogP contribution is 2.09. The average Bonchev–Trinajstić information content (AvgIpc) is 2.77. The normalized spacial score (nSPS) is 12.6. The molecule has 2 aromatic carbocycles. The number of primary amides is 1. The molecule has 0 radical (unpaired) electrons. The lowest BCUT2D eigenvalue weighted by Crippen LogP contribution is -2.53. The molecule has 0 spiro atoms. The standard InChI is InChI=1S/C24H31N3O5/c1-17(2)14-27(15-21(28)22(25)29)24(31)26-20(13-18-9-5-3-6-10-18)23(30)32-16-19-11-7-4-8-12-19/h3-12,17,20-21,28H,13-16H2,1-2H3,(H2,25,29)(H,26,31)/t20-,21?/m0/s1. The molecule has 8 heteroatoms. The molecule has 2 atom stereocenters. The lowest BCUT2D eigenvalue weighted by atomic mass is 10.1. The van der Waals surface area contributed by atoms with Gasteiger partial charge in [-0.15, -0.1) is 0 Å². The van der Waals surface area contributed by atoms with Crippen LogP contribution in [-0.2, 0) is 27.4 Å². The third kappa shape index (κ3) is 8.39. The number of ether oxygens (including phenoxy) is 1. The average molecular weight is 442 g/mol. The second-order valence-electron chi connectivity index (χ2n) is 8.00. The van der Waals surface area contributed by atoms with Gasteiger partial charge >= 0.3 is 12.0 Å². The molecule has 2 rings (SSSR count). The number of nitrogens with two attached hydrogens (primary N) is 1. The molecule has 0 heterocycles. The molecule has 0 aromatic heterocycles. The molecule has 32 heavy (non-hydrogen) atoms. The van der Waals surface area contributed by atoms with Gasteiger partial charge in [0.1, 0.15) is 18.8 Å². The Kier molecular flexibility index (Phi) is 9.69. The number of nitrogens with one attached hydrogen (secondary N) is 1.